The fourth-order valence-corrected chi connectivity index (χ4v) is 2.03. The molecule has 0 spiro atoms. The monoisotopic (exact) mass is 202 g/mol. The Morgan fingerprint density at radius 3 is 2.87 bits per heavy atom. The Morgan fingerprint density at radius 2 is 2.13 bits per heavy atom. The van der Waals surface area contributed by atoms with E-state index in [0.717, 1.165) is 12.8 Å². The topological polar surface area (TPSA) is 30.9 Å². The van der Waals surface area contributed by atoms with E-state index in [-0.39, 0.29) is 6.04 Å². The molecule has 0 aliphatic carbocycles. The summed E-state index contributed by atoms with van der Waals surface area (Å²) in [7, 11) is 2.09. The molecule has 2 heteroatoms. The molecule has 2 nitrogen and oxygen atoms in total. The smallest absolute Gasteiger partial charge is 0.0510 e. The van der Waals surface area contributed by atoms with Crippen LogP contribution in [0.25, 0.3) is 10.9 Å². The van der Waals surface area contributed by atoms with Gasteiger partial charge in [-0.25, -0.2) is 0 Å². The maximum absolute atomic E-state index is 5.79. The van der Waals surface area contributed by atoms with Crippen molar-refractivity contribution in [2.45, 2.75) is 25.8 Å². The zero-order valence-electron chi connectivity index (χ0n) is 9.40. The summed E-state index contributed by atoms with van der Waals surface area (Å²) in [6, 6.07) is 8.92. The lowest BCUT2D eigenvalue weighted by Crippen LogP contribution is -2.15. The van der Waals surface area contributed by atoms with Crippen LogP contribution in [0.1, 0.15) is 18.9 Å². The summed E-state index contributed by atoms with van der Waals surface area (Å²) >= 11 is 0. The van der Waals surface area contributed by atoms with E-state index >= 15 is 0 Å². The summed E-state index contributed by atoms with van der Waals surface area (Å²) in [6.07, 6.45) is 4.22. The molecular weight excluding hydrogens is 184 g/mol. The number of rotatable bonds is 3. The third kappa shape index (κ3) is 2.05. The molecule has 0 bridgehead atoms. The molecule has 2 rings (SSSR count). The van der Waals surface area contributed by atoms with Crippen molar-refractivity contribution in [2.24, 2.45) is 12.8 Å². The predicted molar refractivity (Wildman–Crippen MR) is 64.9 cm³/mol. The Labute approximate surface area is 90.7 Å². The number of aryl methyl sites for hydroxylation is 2. The SMILES string of the molecule is C[C@@H](N)CCc1cccc2ccn(C)c12. The number of hydrogen-bond acceptors (Lipinski definition) is 1. The minimum absolute atomic E-state index is 0.278. The number of benzene rings is 1. The number of nitrogens with zero attached hydrogens (tertiary/aromatic N) is 1. The standard InChI is InChI=1S/C13H18N2/c1-10(14)6-7-11-4-3-5-12-8-9-15(2)13(11)12/h3-5,8-10H,6-7,14H2,1-2H3/t10-/m1/s1. The van der Waals surface area contributed by atoms with Crippen molar-refractivity contribution in [3.05, 3.63) is 36.0 Å². The zero-order chi connectivity index (χ0) is 10.8. The second-order valence-corrected chi connectivity index (χ2v) is 4.30. The van der Waals surface area contributed by atoms with Gasteiger partial charge in [-0.3, -0.25) is 0 Å². The van der Waals surface area contributed by atoms with Gasteiger partial charge in [-0.05, 0) is 36.8 Å². The average Bonchev–Trinajstić information content (AvgIpc) is 2.58. The van der Waals surface area contributed by atoms with Crippen LogP contribution in [0.5, 0.6) is 0 Å². The van der Waals surface area contributed by atoms with Crippen molar-refractivity contribution in [1.29, 1.82) is 0 Å². The minimum atomic E-state index is 0.278. The van der Waals surface area contributed by atoms with Crippen LogP contribution in [0.15, 0.2) is 30.5 Å². The molecule has 1 aromatic carbocycles. The number of nitrogens with two attached hydrogens (primary N) is 1. The highest BCUT2D eigenvalue weighted by Crippen LogP contribution is 2.20. The largest absolute Gasteiger partial charge is 0.350 e. The molecule has 2 aromatic rings. The first-order valence-electron chi connectivity index (χ1n) is 5.47. The first-order valence-corrected chi connectivity index (χ1v) is 5.47. The molecule has 0 saturated carbocycles. The van der Waals surface area contributed by atoms with E-state index in [2.05, 4.69) is 49.0 Å². The Hall–Kier alpha value is -1.28. The lowest BCUT2D eigenvalue weighted by Gasteiger charge is -2.08. The maximum Gasteiger partial charge on any atom is 0.0510 e. The molecule has 15 heavy (non-hydrogen) atoms. The van der Waals surface area contributed by atoms with Crippen LogP contribution in [0.3, 0.4) is 0 Å². The number of fused-ring (bicyclic) bond motifs is 1. The van der Waals surface area contributed by atoms with Gasteiger partial charge in [0.15, 0.2) is 0 Å². The van der Waals surface area contributed by atoms with Crippen LogP contribution in [0.4, 0.5) is 0 Å². The second-order valence-electron chi connectivity index (χ2n) is 4.30. The van der Waals surface area contributed by atoms with Crippen LogP contribution in [-0.2, 0) is 13.5 Å². The summed E-state index contributed by atoms with van der Waals surface area (Å²) in [4.78, 5) is 0. The molecule has 2 N–H and O–H groups in total. The van der Waals surface area contributed by atoms with Crippen LogP contribution in [0, 0.1) is 0 Å². The summed E-state index contributed by atoms with van der Waals surface area (Å²) < 4.78 is 2.19. The third-order valence-corrected chi connectivity index (χ3v) is 2.85. The lowest BCUT2D eigenvalue weighted by atomic mass is 10.0. The van der Waals surface area contributed by atoms with Crippen molar-refractivity contribution < 1.29 is 0 Å². The van der Waals surface area contributed by atoms with Gasteiger partial charge in [-0.2, -0.15) is 0 Å². The lowest BCUT2D eigenvalue weighted by molar-refractivity contribution is 0.666. The van der Waals surface area contributed by atoms with Gasteiger partial charge in [-0.15, -0.1) is 0 Å². The zero-order valence-corrected chi connectivity index (χ0v) is 9.40. The van der Waals surface area contributed by atoms with Crippen molar-refractivity contribution in [2.75, 3.05) is 0 Å². The van der Waals surface area contributed by atoms with E-state index in [1.54, 1.807) is 0 Å². The number of hydrogen-bond donors (Lipinski definition) is 1. The van der Waals surface area contributed by atoms with Crippen molar-refractivity contribution in [1.82, 2.24) is 4.57 Å². The van der Waals surface area contributed by atoms with E-state index < -0.39 is 0 Å². The molecule has 0 aliphatic rings. The fourth-order valence-electron chi connectivity index (χ4n) is 2.03. The minimum Gasteiger partial charge on any atom is -0.350 e. The van der Waals surface area contributed by atoms with Crippen molar-refractivity contribution >= 4 is 10.9 Å². The molecule has 0 aliphatic heterocycles. The molecule has 1 aromatic heterocycles. The molecule has 0 saturated heterocycles. The third-order valence-electron chi connectivity index (χ3n) is 2.85. The van der Waals surface area contributed by atoms with Gasteiger partial charge in [-0.1, -0.05) is 18.2 Å². The molecule has 0 unspecified atom stereocenters. The van der Waals surface area contributed by atoms with Crippen LogP contribution in [0.2, 0.25) is 0 Å². The Bertz CT molecular complexity index is 455. The first kappa shape index (κ1) is 10.2. The summed E-state index contributed by atoms with van der Waals surface area (Å²) in [5, 5.41) is 1.32. The highest BCUT2D eigenvalue weighted by molar-refractivity contribution is 5.83. The number of aromatic nitrogens is 1. The molecule has 80 valence electrons. The Morgan fingerprint density at radius 1 is 1.33 bits per heavy atom. The maximum atomic E-state index is 5.79. The molecule has 0 radical (unpaired) electrons. The van der Waals surface area contributed by atoms with Gasteiger partial charge in [0, 0.05) is 19.3 Å². The average molecular weight is 202 g/mol. The van der Waals surface area contributed by atoms with Crippen LogP contribution < -0.4 is 5.73 Å². The molecule has 0 amide bonds. The van der Waals surface area contributed by atoms with E-state index in [0.29, 0.717) is 0 Å². The molecular formula is C13H18N2. The number of para-hydroxylation sites is 1. The van der Waals surface area contributed by atoms with Gasteiger partial charge >= 0.3 is 0 Å². The van der Waals surface area contributed by atoms with E-state index in [4.69, 9.17) is 5.73 Å². The van der Waals surface area contributed by atoms with Gasteiger partial charge in [0.05, 0.1) is 5.52 Å². The summed E-state index contributed by atoms with van der Waals surface area (Å²) in [5.74, 6) is 0. The fraction of sp³-hybridized carbons (Fsp3) is 0.385. The van der Waals surface area contributed by atoms with Gasteiger partial charge < -0.3 is 10.3 Å². The van der Waals surface area contributed by atoms with Gasteiger partial charge in [0.2, 0.25) is 0 Å². The van der Waals surface area contributed by atoms with E-state index in [1.165, 1.54) is 16.5 Å². The summed E-state index contributed by atoms with van der Waals surface area (Å²) in [5.41, 5.74) is 8.54. The quantitative estimate of drug-likeness (QED) is 0.814. The van der Waals surface area contributed by atoms with E-state index in [1.807, 2.05) is 0 Å². The molecule has 0 fully saturated rings. The van der Waals surface area contributed by atoms with Crippen molar-refractivity contribution in [3.8, 4) is 0 Å². The highest BCUT2D eigenvalue weighted by Gasteiger charge is 2.04. The van der Waals surface area contributed by atoms with Crippen molar-refractivity contribution in [3.63, 3.8) is 0 Å². The highest BCUT2D eigenvalue weighted by atomic mass is 14.9. The predicted octanol–water partition coefficient (Wildman–Crippen LogP) is 2.46. The Balaban J connectivity index is 2.37. The Kier molecular flexibility index (Phi) is 2.78. The normalized spacial score (nSPS) is 13.3. The first-order chi connectivity index (χ1) is 7.18. The van der Waals surface area contributed by atoms with E-state index in [9.17, 15) is 0 Å². The van der Waals surface area contributed by atoms with Gasteiger partial charge in [0.25, 0.3) is 0 Å². The van der Waals surface area contributed by atoms with Gasteiger partial charge in [0.1, 0.15) is 0 Å². The molecule has 1 atom stereocenters. The van der Waals surface area contributed by atoms with Crippen LogP contribution in [-0.4, -0.2) is 10.6 Å². The summed E-state index contributed by atoms with van der Waals surface area (Å²) in [6.45, 7) is 2.06. The van der Waals surface area contributed by atoms with Crippen LogP contribution >= 0.6 is 0 Å². The second kappa shape index (κ2) is 4.07. The molecule has 1 heterocycles.